The molecule has 1 unspecified atom stereocenters. The molecule has 0 radical (unpaired) electrons. The van der Waals surface area contributed by atoms with Gasteiger partial charge in [-0.1, -0.05) is 6.07 Å². The van der Waals surface area contributed by atoms with Crippen molar-refractivity contribution >= 4 is 0 Å². The van der Waals surface area contributed by atoms with Crippen LogP contribution < -0.4 is 10.5 Å². The Bertz CT molecular complexity index is 336. The molecule has 1 aliphatic carbocycles. The molecule has 1 atom stereocenters. The summed E-state index contributed by atoms with van der Waals surface area (Å²) in [6, 6.07) is 4.53. The molecule has 2 N–H and O–H groups in total. The lowest BCUT2D eigenvalue weighted by molar-refractivity contribution is 0.399. The maximum atomic E-state index is 12.9. The predicted molar refractivity (Wildman–Crippen MR) is 52.6 cm³/mol. The molecule has 0 saturated heterocycles. The van der Waals surface area contributed by atoms with Crippen LogP contribution in [0.4, 0.5) is 4.39 Å². The summed E-state index contributed by atoms with van der Waals surface area (Å²) in [5.41, 5.74) is 6.94. The number of methoxy groups -OCH3 is 1. The van der Waals surface area contributed by atoms with Gasteiger partial charge in [0, 0.05) is 17.7 Å². The second-order valence-electron chi connectivity index (χ2n) is 3.75. The molecule has 0 aliphatic heterocycles. The first-order chi connectivity index (χ1) is 6.72. The third-order valence-electron chi connectivity index (χ3n) is 2.68. The summed E-state index contributed by atoms with van der Waals surface area (Å²) >= 11 is 0. The van der Waals surface area contributed by atoms with Gasteiger partial charge in [-0.25, -0.2) is 4.39 Å². The molecule has 1 saturated carbocycles. The predicted octanol–water partition coefficient (Wildman–Crippen LogP) is 2.24. The van der Waals surface area contributed by atoms with Crippen LogP contribution in [0.1, 0.15) is 24.4 Å². The second-order valence-corrected chi connectivity index (χ2v) is 3.75. The molecule has 2 nitrogen and oxygen atoms in total. The molecule has 14 heavy (non-hydrogen) atoms. The van der Waals surface area contributed by atoms with E-state index >= 15 is 0 Å². The fraction of sp³-hybridized carbons (Fsp3) is 0.455. The van der Waals surface area contributed by atoms with Gasteiger partial charge in [0.2, 0.25) is 0 Å². The largest absolute Gasteiger partial charge is 0.496 e. The van der Waals surface area contributed by atoms with Crippen molar-refractivity contribution in [2.24, 2.45) is 11.7 Å². The fourth-order valence-electron chi connectivity index (χ4n) is 1.67. The molecule has 0 aromatic heterocycles. The smallest absolute Gasteiger partial charge is 0.126 e. The molecule has 0 bridgehead atoms. The van der Waals surface area contributed by atoms with Gasteiger partial charge in [-0.2, -0.15) is 0 Å². The summed E-state index contributed by atoms with van der Waals surface area (Å²) in [6.45, 7) is 0. The molecule has 1 aromatic rings. The van der Waals surface area contributed by atoms with E-state index in [1.807, 2.05) is 0 Å². The van der Waals surface area contributed by atoms with E-state index in [1.54, 1.807) is 6.07 Å². The van der Waals surface area contributed by atoms with Gasteiger partial charge in [0.25, 0.3) is 0 Å². The average molecular weight is 195 g/mol. The standard InChI is InChI=1S/C11H14FNO/c1-14-10-6-8(12)4-5-9(10)11(13)7-2-3-7/h4-7,11H,2-3,13H2,1H3. The molecule has 2 rings (SSSR count). The number of benzene rings is 1. The van der Waals surface area contributed by atoms with Crippen molar-refractivity contribution in [3.8, 4) is 5.75 Å². The van der Waals surface area contributed by atoms with Crippen LogP contribution in [0.25, 0.3) is 0 Å². The summed E-state index contributed by atoms with van der Waals surface area (Å²) in [5, 5.41) is 0. The normalized spacial score (nSPS) is 17.9. The molecule has 1 aromatic carbocycles. The number of ether oxygens (including phenoxy) is 1. The van der Waals surface area contributed by atoms with E-state index in [9.17, 15) is 4.39 Å². The quantitative estimate of drug-likeness (QED) is 0.802. The van der Waals surface area contributed by atoms with Crippen molar-refractivity contribution in [2.45, 2.75) is 18.9 Å². The number of hydrogen-bond acceptors (Lipinski definition) is 2. The van der Waals surface area contributed by atoms with Gasteiger partial charge < -0.3 is 10.5 Å². The number of rotatable bonds is 3. The van der Waals surface area contributed by atoms with Gasteiger partial charge in [-0.15, -0.1) is 0 Å². The molecular formula is C11H14FNO. The fourth-order valence-corrected chi connectivity index (χ4v) is 1.67. The second kappa shape index (κ2) is 3.58. The highest BCUT2D eigenvalue weighted by molar-refractivity contribution is 5.37. The monoisotopic (exact) mass is 195 g/mol. The molecule has 1 fully saturated rings. The number of hydrogen-bond donors (Lipinski definition) is 1. The van der Waals surface area contributed by atoms with Gasteiger partial charge >= 0.3 is 0 Å². The van der Waals surface area contributed by atoms with Crippen LogP contribution in [-0.2, 0) is 0 Å². The van der Waals surface area contributed by atoms with E-state index < -0.39 is 0 Å². The van der Waals surface area contributed by atoms with Gasteiger partial charge in [0.1, 0.15) is 11.6 Å². The molecule has 3 heteroatoms. The minimum atomic E-state index is -0.284. The maximum Gasteiger partial charge on any atom is 0.126 e. The van der Waals surface area contributed by atoms with Crippen molar-refractivity contribution < 1.29 is 9.13 Å². The van der Waals surface area contributed by atoms with Gasteiger partial charge in [-0.3, -0.25) is 0 Å². The zero-order chi connectivity index (χ0) is 10.1. The Kier molecular flexibility index (Phi) is 2.42. The minimum absolute atomic E-state index is 0.00875. The Labute approximate surface area is 82.9 Å². The highest BCUT2D eigenvalue weighted by Gasteiger charge is 2.31. The summed E-state index contributed by atoms with van der Waals surface area (Å²) in [4.78, 5) is 0. The zero-order valence-corrected chi connectivity index (χ0v) is 8.16. The molecule has 0 heterocycles. The topological polar surface area (TPSA) is 35.2 Å². The van der Waals surface area contributed by atoms with Crippen LogP contribution >= 0.6 is 0 Å². The first-order valence-corrected chi connectivity index (χ1v) is 4.81. The molecule has 0 amide bonds. The SMILES string of the molecule is COc1cc(F)ccc1C(N)C1CC1. The van der Waals surface area contributed by atoms with E-state index in [0.29, 0.717) is 11.7 Å². The first kappa shape index (κ1) is 9.46. The van der Waals surface area contributed by atoms with Crippen LogP contribution in [0.5, 0.6) is 5.75 Å². The van der Waals surface area contributed by atoms with E-state index in [4.69, 9.17) is 10.5 Å². The highest BCUT2D eigenvalue weighted by Crippen LogP contribution is 2.42. The lowest BCUT2D eigenvalue weighted by Gasteiger charge is -2.14. The number of nitrogens with two attached hydrogens (primary N) is 1. The third-order valence-corrected chi connectivity index (χ3v) is 2.68. The minimum Gasteiger partial charge on any atom is -0.496 e. The van der Waals surface area contributed by atoms with E-state index in [2.05, 4.69) is 0 Å². The van der Waals surface area contributed by atoms with E-state index in [0.717, 1.165) is 5.56 Å². The van der Waals surface area contributed by atoms with Crippen LogP contribution in [-0.4, -0.2) is 7.11 Å². The lowest BCUT2D eigenvalue weighted by Crippen LogP contribution is -2.13. The summed E-state index contributed by atoms with van der Waals surface area (Å²) in [7, 11) is 1.54. The Morgan fingerprint density at radius 2 is 2.21 bits per heavy atom. The van der Waals surface area contributed by atoms with E-state index in [1.165, 1.54) is 32.1 Å². The van der Waals surface area contributed by atoms with Gasteiger partial charge in [-0.05, 0) is 24.8 Å². The van der Waals surface area contributed by atoms with Crippen LogP contribution in [0.2, 0.25) is 0 Å². The van der Waals surface area contributed by atoms with Crippen molar-refractivity contribution in [3.05, 3.63) is 29.6 Å². The zero-order valence-electron chi connectivity index (χ0n) is 8.16. The van der Waals surface area contributed by atoms with Crippen molar-refractivity contribution in [1.29, 1.82) is 0 Å². The summed E-state index contributed by atoms with van der Waals surface area (Å²) in [6.07, 6.45) is 2.34. The Morgan fingerprint density at radius 1 is 1.50 bits per heavy atom. The molecule has 1 aliphatic rings. The van der Waals surface area contributed by atoms with Crippen molar-refractivity contribution in [1.82, 2.24) is 0 Å². The maximum absolute atomic E-state index is 12.9. The van der Waals surface area contributed by atoms with E-state index in [-0.39, 0.29) is 11.9 Å². The van der Waals surface area contributed by atoms with Crippen molar-refractivity contribution in [2.75, 3.05) is 7.11 Å². The Hall–Kier alpha value is -1.09. The van der Waals surface area contributed by atoms with Crippen LogP contribution in [0.15, 0.2) is 18.2 Å². The number of halogens is 1. The van der Waals surface area contributed by atoms with Gasteiger partial charge in [0.05, 0.1) is 7.11 Å². The van der Waals surface area contributed by atoms with Crippen LogP contribution in [0, 0.1) is 11.7 Å². The summed E-state index contributed by atoms with van der Waals surface area (Å²) in [5.74, 6) is 0.826. The molecule has 0 spiro atoms. The average Bonchev–Trinajstić information content (AvgIpc) is 3.00. The Morgan fingerprint density at radius 3 is 2.79 bits per heavy atom. The molecular weight excluding hydrogens is 181 g/mol. The lowest BCUT2D eigenvalue weighted by atomic mass is 10.0. The van der Waals surface area contributed by atoms with Crippen LogP contribution in [0.3, 0.4) is 0 Å². The highest BCUT2D eigenvalue weighted by atomic mass is 19.1. The van der Waals surface area contributed by atoms with Crippen molar-refractivity contribution in [3.63, 3.8) is 0 Å². The van der Waals surface area contributed by atoms with Gasteiger partial charge in [0.15, 0.2) is 0 Å². The molecule has 76 valence electrons. The first-order valence-electron chi connectivity index (χ1n) is 4.81. The summed E-state index contributed by atoms with van der Waals surface area (Å²) < 4.78 is 18.0. The Balaban J connectivity index is 2.30. The third kappa shape index (κ3) is 1.73.